The number of aromatic nitrogens is 1. The first-order chi connectivity index (χ1) is 23.1. The molecule has 2 aromatic heterocycles. The van der Waals surface area contributed by atoms with Gasteiger partial charge in [0.25, 0.3) is 0 Å². The lowest BCUT2D eigenvalue weighted by molar-refractivity contribution is 0.270. The molecule has 47 heavy (non-hydrogen) atoms. The van der Waals surface area contributed by atoms with Crippen LogP contribution in [0.2, 0.25) is 0 Å². The number of rotatable bonds is 3. The van der Waals surface area contributed by atoms with E-state index in [0.717, 1.165) is 11.3 Å². The average Bonchev–Trinajstić information content (AvgIpc) is 3.77. The molecule has 8 aromatic rings. The fraction of sp³-hybridized carbons (Fsp3) is 0.0909. The number of ether oxygens (including phenoxy) is 1. The number of benzene rings is 6. The Balaban J connectivity index is 1.27. The number of aryl methyl sites for hydroxylation is 2. The molecule has 0 saturated carbocycles. The zero-order valence-electron chi connectivity index (χ0n) is 26.2. The smallest absolute Gasteiger partial charge is 0.132 e. The Morgan fingerprint density at radius 2 is 1.32 bits per heavy atom. The molecule has 0 saturated heterocycles. The molecular weight excluding hydrogens is 591 g/mol. The van der Waals surface area contributed by atoms with Crippen molar-refractivity contribution in [2.24, 2.45) is 0 Å². The van der Waals surface area contributed by atoms with Gasteiger partial charge in [0.2, 0.25) is 0 Å². The van der Waals surface area contributed by atoms with Crippen molar-refractivity contribution in [2.45, 2.75) is 25.9 Å². The van der Waals surface area contributed by atoms with Crippen molar-refractivity contribution in [1.82, 2.24) is 4.57 Å². The third-order valence-electron chi connectivity index (χ3n) is 10.0. The van der Waals surface area contributed by atoms with Crippen molar-refractivity contribution in [3.63, 3.8) is 0 Å². The van der Waals surface area contributed by atoms with E-state index in [9.17, 15) is 0 Å². The molecule has 2 atom stereocenters. The van der Waals surface area contributed by atoms with E-state index in [1.807, 2.05) is 11.3 Å². The maximum Gasteiger partial charge on any atom is 0.132 e. The van der Waals surface area contributed by atoms with Crippen LogP contribution in [0.3, 0.4) is 0 Å². The second kappa shape index (κ2) is 10.1. The maximum atomic E-state index is 6.65. The zero-order chi connectivity index (χ0) is 31.2. The molecule has 2 unspecified atom stereocenters. The van der Waals surface area contributed by atoms with Crippen molar-refractivity contribution in [2.75, 3.05) is 0 Å². The number of fused-ring (bicyclic) bond motifs is 9. The van der Waals surface area contributed by atoms with Gasteiger partial charge in [-0.15, -0.1) is 11.3 Å². The van der Waals surface area contributed by atoms with Crippen LogP contribution in [0.15, 0.2) is 140 Å². The predicted octanol–water partition coefficient (Wildman–Crippen LogP) is 12.1. The van der Waals surface area contributed by atoms with E-state index in [1.54, 1.807) is 0 Å². The number of thiophene rings is 1. The van der Waals surface area contributed by atoms with Crippen molar-refractivity contribution in [3.05, 3.63) is 156 Å². The SMILES string of the molecule is Cc1ccc2c(c1)c1cc(C)ccc1n2-c1cccc2c1sc1c(-c3ccccc3)cc(-c3cccc4c3OC3C=CC=CC43)cc12. The summed E-state index contributed by atoms with van der Waals surface area (Å²) >= 11 is 1.91. The topological polar surface area (TPSA) is 14.2 Å². The van der Waals surface area contributed by atoms with Crippen LogP contribution < -0.4 is 4.74 Å². The lowest BCUT2D eigenvalue weighted by Crippen LogP contribution is -2.15. The summed E-state index contributed by atoms with van der Waals surface area (Å²) in [5, 5.41) is 5.17. The first-order valence-corrected chi connectivity index (χ1v) is 17.2. The van der Waals surface area contributed by atoms with Gasteiger partial charge in [-0.05, 0) is 73.5 Å². The molecule has 1 aliphatic carbocycles. The van der Waals surface area contributed by atoms with E-state index >= 15 is 0 Å². The summed E-state index contributed by atoms with van der Waals surface area (Å²) in [5.41, 5.74) is 12.4. The van der Waals surface area contributed by atoms with Gasteiger partial charge in [-0.3, -0.25) is 0 Å². The molecule has 2 aliphatic rings. The number of nitrogens with zero attached hydrogens (tertiary/aromatic N) is 1. The highest BCUT2D eigenvalue weighted by molar-refractivity contribution is 7.26. The third kappa shape index (κ3) is 3.96. The minimum atomic E-state index is 0.0526. The summed E-state index contributed by atoms with van der Waals surface area (Å²) in [6.07, 6.45) is 8.74. The minimum Gasteiger partial charge on any atom is -0.484 e. The van der Waals surface area contributed by atoms with Gasteiger partial charge in [-0.25, -0.2) is 0 Å². The largest absolute Gasteiger partial charge is 0.484 e. The first-order valence-electron chi connectivity index (χ1n) is 16.3. The summed E-state index contributed by atoms with van der Waals surface area (Å²) < 4.78 is 11.7. The standard InChI is InChI=1S/C44H31NOS/c1-26-18-20-38-35(22-26)36-23-27(2)19-21-39(36)45(38)40-16-9-15-33-37-25-29(24-34(43(37)47-44(33)40)28-10-4-3-5-11-28)30-13-8-14-32-31-12-6-7-17-41(31)46-42(30)32/h3-25,31,41H,1-2H3. The van der Waals surface area contributed by atoms with Gasteiger partial charge >= 0.3 is 0 Å². The van der Waals surface area contributed by atoms with Crippen LogP contribution in [-0.2, 0) is 0 Å². The van der Waals surface area contributed by atoms with E-state index in [2.05, 4.69) is 158 Å². The van der Waals surface area contributed by atoms with Gasteiger partial charge in [0.05, 0.1) is 21.4 Å². The van der Waals surface area contributed by atoms with Gasteiger partial charge in [0.1, 0.15) is 11.9 Å². The molecule has 0 amide bonds. The number of allylic oxidation sites excluding steroid dienone is 2. The second-order valence-corrected chi connectivity index (χ2v) is 14.0. The first kappa shape index (κ1) is 26.8. The van der Waals surface area contributed by atoms with E-state index in [0.29, 0.717) is 0 Å². The normalized spacial score (nSPS) is 16.7. The average molecular weight is 622 g/mol. The Labute approximate surface area is 277 Å². The summed E-state index contributed by atoms with van der Waals surface area (Å²) in [7, 11) is 0. The van der Waals surface area contributed by atoms with Crippen molar-refractivity contribution in [1.29, 1.82) is 0 Å². The van der Waals surface area contributed by atoms with E-state index in [1.165, 1.54) is 81.0 Å². The van der Waals surface area contributed by atoms with Gasteiger partial charge < -0.3 is 9.30 Å². The van der Waals surface area contributed by atoms with Crippen LogP contribution in [0.4, 0.5) is 0 Å². The Morgan fingerprint density at radius 3 is 2.11 bits per heavy atom. The van der Waals surface area contributed by atoms with E-state index in [4.69, 9.17) is 4.74 Å². The Bertz CT molecular complexity index is 2580. The van der Waals surface area contributed by atoms with Crippen LogP contribution in [-0.4, -0.2) is 10.7 Å². The summed E-state index contributed by atoms with van der Waals surface area (Å²) in [5.74, 6) is 1.27. The predicted molar refractivity (Wildman–Crippen MR) is 199 cm³/mol. The van der Waals surface area contributed by atoms with Gasteiger partial charge in [0.15, 0.2) is 0 Å². The molecule has 3 heteroatoms. The van der Waals surface area contributed by atoms with Crippen molar-refractivity contribution in [3.8, 4) is 33.7 Å². The lowest BCUT2D eigenvalue weighted by Gasteiger charge is -2.14. The lowest BCUT2D eigenvalue weighted by atomic mass is 9.89. The molecular formula is C44H31NOS. The summed E-state index contributed by atoms with van der Waals surface area (Å²) in [6, 6.07) is 42.8. The molecule has 6 aromatic carbocycles. The van der Waals surface area contributed by atoms with Gasteiger partial charge in [0, 0.05) is 48.9 Å². The molecule has 0 fully saturated rings. The van der Waals surface area contributed by atoms with Gasteiger partial charge in [-0.2, -0.15) is 0 Å². The highest BCUT2D eigenvalue weighted by Gasteiger charge is 2.34. The van der Waals surface area contributed by atoms with Crippen molar-refractivity contribution < 1.29 is 4.74 Å². The summed E-state index contributed by atoms with van der Waals surface area (Å²) in [6.45, 7) is 4.37. The zero-order valence-corrected chi connectivity index (χ0v) is 27.0. The second-order valence-electron chi connectivity index (χ2n) is 13.0. The van der Waals surface area contributed by atoms with E-state index < -0.39 is 0 Å². The minimum absolute atomic E-state index is 0.0526. The fourth-order valence-corrected chi connectivity index (χ4v) is 9.17. The van der Waals surface area contributed by atoms with Crippen LogP contribution in [0, 0.1) is 13.8 Å². The van der Waals surface area contributed by atoms with Crippen molar-refractivity contribution >= 4 is 53.3 Å². The molecule has 0 N–H and O–H groups in total. The monoisotopic (exact) mass is 621 g/mol. The molecule has 10 rings (SSSR count). The van der Waals surface area contributed by atoms with Crippen LogP contribution in [0.25, 0.3) is 69.9 Å². The highest BCUT2D eigenvalue weighted by atomic mass is 32.1. The third-order valence-corrected chi connectivity index (χ3v) is 11.3. The highest BCUT2D eigenvalue weighted by Crippen LogP contribution is 2.50. The van der Waals surface area contributed by atoms with E-state index in [-0.39, 0.29) is 12.0 Å². The van der Waals surface area contributed by atoms with Gasteiger partial charge in [-0.1, -0.05) is 102 Å². The number of hydrogen-bond acceptors (Lipinski definition) is 2. The number of hydrogen-bond donors (Lipinski definition) is 0. The van der Waals surface area contributed by atoms with Crippen LogP contribution in [0.1, 0.15) is 22.6 Å². The fourth-order valence-electron chi connectivity index (χ4n) is 7.85. The molecule has 1 aliphatic heterocycles. The Kier molecular flexibility index (Phi) is 5.74. The summed E-state index contributed by atoms with van der Waals surface area (Å²) in [4.78, 5) is 0. The molecule has 3 heterocycles. The maximum absolute atomic E-state index is 6.65. The molecule has 2 nitrogen and oxygen atoms in total. The molecule has 0 radical (unpaired) electrons. The molecule has 0 bridgehead atoms. The Morgan fingerprint density at radius 1 is 0.574 bits per heavy atom. The Hall–Kier alpha value is -5.38. The quantitative estimate of drug-likeness (QED) is 0.191. The molecule has 0 spiro atoms. The number of para-hydroxylation sites is 1. The van der Waals surface area contributed by atoms with Crippen LogP contribution >= 0.6 is 11.3 Å². The van der Waals surface area contributed by atoms with Crippen LogP contribution in [0.5, 0.6) is 5.75 Å². The molecule has 224 valence electrons.